The summed E-state index contributed by atoms with van der Waals surface area (Å²) in [4.78, 5) is 7.08. The van der Waals surface area contributed by atoms with Crippen LogP contribution in [0.4, 0.5) is 0 Å². The molecular formula is C12H13BrN2O. The first kappa shape index (κ1) is 11.4. The number of aliphatic hydroxyl groups excluding tert-OH is 1. The quantitative estimate of drug-likeness (QED) is 0.903. The average molecular weight is 281 g/mol. The van der Waals surface area contributed by atoms with Crippen LogP contribution < -0.4 is 0 Å². The minimum Gasteiger partial charge on any atom is -0.392 e. The van der Waals surface area contributed by atoms with Gasteiger partial charge in [0, 0.05) is 23.3 Å². The van der Waals surface area contributed by atoms with Crippen molar-refractivity contribution in [3.63, 3.8) is 0 Å². The predicted molar refractivity (Wildman–Crippen MR) is 66.1 cm³/mol. The highest BCUT2D eigenvalue weighted by atomic mass is 79.9. The van der Waals surface area contributed by atoms with Gasteiger partial charge in [-0.15, -0.1) is 0 Å². The summed E-state index contributed by atoms with van der Waals surface area (Å²) in [5.74, 6) is 0.822. The second kappa shape index (κ2) is 5.27. The fourth-order valence-electron chi connectivity index (χ4n) is 1.64. The second-order valence-electron chi connectivity index (χ2n) is 3.73. The first-order chi connectivity index (χ1) is 7.74. The minimum atomic E-state index is -0.402. The van der Waals surface area contributed by atoms with Gasteiger partial charge in [-0.05, 0) is 24.1 Å². The molecule has 1 heterocycles. The first-order valence-corrected chi connectivity index (χ1v) is 5.94. The number of H-pyrrole nitrogens is 1. The molecule has 3 nitrogen and oxygen atoms in total. The Labute approximate surface area is 103 Å². The molecule has 0 radical (unpaired) electrons. The summed E-state index contributed by atoms with van der Waals surface area (Å²) in [6, 6.07) is 7.98. The number of benzene rings is 1. The Morgan fingerprint density at radius 3 is 2.94 bits per heavy atom. The molecule has 16 heavy (non-hydrogen) atoms. The zero-order valence-corrected chi connectivity index (χ0v) is 10.3. The van der Waals surface area contributed by atoms with Crippen molar-refractivity contribution in [2.45, 2.75) is 18.9 Å². The van der Waals surface area contributed by atoms with Crippen LogP contribution in [0.15, 0.2) is 41.1 Å². The van der Waals surface area contributed by atoms with E-state index in [0.29, 0.717) is 12.8 Å². The lowest BCUT2D eigenvalue weighted by Crippen LogP contribution is -2.14. The van der Waals surface area contributed by atoms with Crippen molar-refractivity contribution in [1.29, 1.82) is 0 Å². The fourth-order valence-corrected chi connectivity index (χ4v) is 2.09. The van der Waals surface area contributed by atoms with E-state index < -0.39 is 6.10 Å². The number of rotatable bonds is 4. The maximum absolute atomic E-state index is 9.89. The molecule has 4 heteroatoms. The normalized spacial score (nSPS) is 12.6. The number of aromatic nitrogens is 2. The van der Waals surface area contributed by atoms with Crippen molar-refractivity contribution in [2.24, 2.45) is 0 Å². The lowest BCUT2D eigenvalue weighted by molar-refractivity contribution is 0.173. The molecule has 2 N–H and O–H groups in total. The van der Waals surface area contributed by atoms with E-state index in [-0.39, 0.29) is 0 Å². The van der Waals surface area contributed by atoms with Gasteiger partial charge in [-0.1, -0.05) is 28.1 Å². The van der Waals surface area contributed by atoms with E-state index in [4.69, 9.17) is 0 Å². The van der Waals surface area contributed by atoms with Crippen molar-refractivity contribution in [3.8, 4) is 0 Å². The van der Waals surface area contributed by atoms with Crippen LogP contribution in [0.2, 0.25) is 0 Å². The molecular weight excluding hydrogens is 268 g/mol. The molecule has 0 saturated carbocycles. The summed E-state index contributed by atoms with van der Waals surface area (Å²) in [5.41, 5.74) is 1.12. The zero-order valence-electron chi connectivity index (χ0n) is 8.73. The topological polar surface area (TPSA) is 48.9 Å². The van der Waals surface area contributed by atoms with E-state index in [9.17, 15) is 5.11 Å². The molecule has 0 aliphatic rings. The van der Waals surface area contributed by atoms with Crippen molar-refractivity contribution >= 4 is 15.9 Å². The van der Waals surface area contributed by atoms with Crippen LogP contribution >= 0.6 is 15.9 Å². The summed E-state index contributed by atoms with van der Waals surface area (Å²) in [6.07, 6.45) is 4.25. The summed E-state index contributed by atoms with van der Waals surface area (Å²) < 4.78 is 1.04. The average Bonchev–Trinajstić information content (AvgIpc) is 2.70. The molecule has 0 bridgehead atoms. The van der Waals surface area contributed by atoms with Gasteiger partial charge in [0.2, 0.25) is 0 Å². The number of hydrogen-bond donors (Lipinski definition) is 2. The molecule has 0 fully saturated rings. The van der Waals surface area contributed by atoms with E-state index in [0.717, 1.165) is 15.9 Å². The number of aromatic amines is 1. The number of imidazole rings is 1. The van der Waals surface area contributed by atoms with Crippen molar-refractivity contribution in [1.82, 2.24) is 9.97 Å². The van der Waals surface area contributed by atoms with Gasteiger partial charge < -0.3 is 10.1 Å². The van der Waals surface area contributed by atoms with E-state index in [1.54, 1.807) is 12.4 Å². The summed E-state index contributed by atoms with van der Waals surface area (Å²) in [7, 11) is 0. The number of aliphatic hydroxyl groups is 1. The number of hydrogen-bond acceptors (Lipinski definition) is 2. The van der Waals surface area contributed by atoms with Crippen LogP contribution in [0.5, 0.6) is 0 Å². The van der Waals surface area contributed by atoms with Crippen molar-refractivity contribution in [2.75, 3.05) is 0 Å². The Morgan fingerprint density at radius 2 is 2.25 bits per heavy atom. The number of halogens is 1. The maximum atomic E-state index is 9.89. The van der Waals surface area contributed by atoms with Crippen LogP contribution in [0.3, 0.4) is 0 Å². The van der Waals surface area contributed by atoms with Gasteiger partial charge in [-0.25, -0.2) is 4.98 Å². The minimum absolute atomic E-state index is 0.402. The van der Waals surface area contributed by atoms with Crippen LogP contribution in [-0.2, 0) is 12.8 Å². The van der Waals surface area contributed by atoms with Gasteiger partial charge in [0.1, 0.15) is 5.82 Å². The number of nitrogens with zero attached hydrogens (tertiary/aromatic N) is 1. The van der Waals surface area contributed by atoms with E-state index >= 15 is 0 Å². The van der Waals surface area contributed by atoms with E-state index in [2.05, 4.69) is 25.9 Å². The van der Waals surface area contributed by atoms with Gasteiger partial charge in [0.05, 0.1) is 6.10 Å². The second-order valence-corrected chi connectivity index (χ2v) is 4.64. The Morgan fingerprint density at radius 1 is 1.38 bits per heavy atom. The molecule has 1 aromatic heterocycles. The van der Waals surface area contributed by atoms with Gasteiger partial charge >= 0.3 is 0 Å². The van der Waals surface area contributed by atoms with Crippen molar-refractivity contribution < 1.29 is 5.11 Å². The summed E-state index contributed by atoms with van der Waals surface area (Å²) in [5, 5.41) is 9.89. The Kier molecular flexibility index (Phi) is 3.74. The highest BCUT2D eigenvalue weighted by Crippen LogP contribution is 2.13. The molecule has 0 amide bonds. The summed E-state index contributed by atoms with van der Waals surface area (Å²) in [6.45, 7) is 0. The van der Waals surface area contributed by atoms with Crippen LogP contribution in [0.1, 0.15) is 11.4 Å². The molecule has 0 aliphatic heterocycles. The monoisotopic (exact) mass is 280 g/mol. The van der Waals surface area contributed by atoms with Gasteiger partial charge in [0.15, 0.2) is 0 Å². The molecule has 2 aromatic rings. The first-order valence-electron chi connectivity index (χ1n) is 5.15. The van der Waals surface area contributed by atoms with Crippen molar-refractivity contribution in [3.05, 3.63) is 52.5 Å². The van der Waals surface area contributed by atoms with Gasteiger partial charge in [0.25, 0.3) is 0 Å². The van der Waals surface area contributed by atoms with E-state index in [1.807, 2.05) is 24.3 Å². The smallest absolute Gasteiger partial charge is 0.108 e. The molecule has 0 saturated heterocycles. The van der Waals surface area contributed by atoms with Crippen LogP contribution in [0.25, 0.3) is 0 Å². The molecule has 0 aliphatic carbocycles. The Balaban J connectivity index is 1.94. The standard InChI is InChI=1S/C12H13BrN2O/c13-10-3-1-2-9(6-10)7-11(16)8-12-14-4-5-15-12/h1-6,11,16H,7-8H2,(H,14,15). The molecule has 1 unspecified atom stereocenters. The molecule has 1 aromatic carbocycles. The maximum Gasteiger partial charge on any atom is 0.108 e. The van der Waals surface area contributed by atoms with Crippen LogP contribution in [-0.4, -0.2) is 21.2 Å². The lowest BCUT2D eigenvalue weighted by atomic mass is 10.1. The highest BCUT2D eigenvalue weighted by molar-refractivity contribution is 9.10. The molecule has 2 rings (SSSR count). The predicted octanol–water partition coefficient (Wildman–Crippen LogP) is 2.32. The number of nitrogens with one attached hydrogen (secondary N) is 1. The van der Waals surface area contributed by atoms with E-state index in [1.165, 1.54) is 0 Å². The molecule has 0 spiro atoms. The summed E-state index contributed by atoms with van der Waals surface area (Å²) >= 11 is 3.41. The van der Waals surface area contributed by atoms with Gasteiger partial charge in [-0.3, -0.25) is 0 Å². The molecule has 84 valence electrons. The zero-order chi connectivity index (χ0) is 11.4. The van der Waals surface area contributed by atoms with Gasteiger partial charge in [-0.2, -0.15) is 0 Å². The third kappa shape index (κ3) is 3.18. The molecule has 1 atom stereocenters. The largest absolute Gasteiger partial charge is 0.392 e. The Hall–Kier alpha value is -1.13. The van der Waals surface area contributed by atoms with Crippen LogP contribution in [0, 0.1) is 0 Å². The third-order valence-corrected chi connectivity index (χ3v) is 2.84. The third-order valence-electron chi connectivity index (χ3n) is 2.34. The fraction of sp³-hybridized carbons (Fsp3) is 0.250. The SMILES string of the molecule is OC(Cc1cccc(Br)c1)Cc1ncc[nH]1. The highest BCUT2D eigenvalue weighted by Gasteiger charge is 2.08. The Bertz CT molecular complexity index is 442. The lowest BCUT2D eigenvalue weighted by Gasteiger charge is -2.09.